The Balaban J connectivity index is 3.11. The Bertz CT molecular complexity index is 330. The molecule has 0 radical (unpaired) electrons. The van der Waals surface area contributed by atoms with Gasteiger partial charge in [0.15, 0.2) is 0 Å². The molecule has 1 aromatic heterocycles. The molecule has 0 spiro atoms. The fraction of sp³-hybridized carbons (Fsp3) is 0.125. The van der Waals surface area contributed by atoms with E-state index >= 15 is 0 Å². The first-order valence-electron chi connectivity index (χ1n) is 3.18. The molecule has 1 aromatic rings. The predicted molar refractivity (Wildman–Crippen MR) is 50.0 cm³/mol. The van der Waals surface area contributed by atoms with Crippen LogP contribution in [0.25, 0.3) is 0 Å². The zero-order valence-corrected chi connectivity index (χ0v) is 7.60. The topological polar surface area (TPSA) is 38.9 Å². The Kier molecular flexibility index (Phi) is 2.93. The first-order valence-corrected chi connectivity index (χ1v) is 3.93. The monoisotopic (exact) mass is 200 g/mol. The minimum Gasteiger partial charge on any atom is -0.313 e. The Labute approximate surface area is 80.7 Å². The first-order chi connectivity index (χ1) is 5.65. The summed E-state index contributed by atoms with van der Waals surface area (Å²) in [7, 11) is 0. The van der Waals surface area contributed by atoms with E-state index in [4.69, 9.17) is 35.4 Å². The number of halogens is 2. The van der Waals surface area contributed by atoms with Crippen molar-refractivity contribution in [3.63, 3.8) is 0 Å². The van der Waals surface area contributed by atoms with Gasteiger partial charge in [0.25, 0.3) is 0 Å². The second kappa shape index (κ2) is 3.77. The van der Waals surface area contributed by atoms with Gasteiger partial charge < -0.3 is 5.73 Å². The molecule has 1 rings (SSSR count). The third-order valence-corrected chi connectivity index (χ3v) is 1.82. The SMILES string of the molecule is C#CC(N)c1ncc(Cl)cc1Cl. The minimum absolute atomic E-state index is 0.396. The normalized spacial score (nSPS) is 12.2. The standard InChI is InChI=1S/C8H6Cl2N2/c1-2-7(11)8-6(10)3-5(9)4-12-8/h1,3-4,7H,11H2. The maximum atomic E-state index is 5.78. The second-order valence-electron chi connectivity index (χ2n) is 2.16. The van der Waals surface area contributed by atoms with Gasteiger partial charge in [-0.15, -0.1) is 6.42 Å². The van der Waals surface area contributed by atoms with Crippen molar-refractivity contribution in [2.45, 2.75) is 6.04 Å². The van der Waals surface area contributed by atoms with Gasteiger partial charge in [-0.05, 0) is 6.07 Å². The predicted octanol–water partition coefficient (Wildman–Crippen LogP) is 2.02. The lowest BCUT2D eigenvalue weighted by atomic mass is 10.2. The largest absolute Gasteiger partial charge is 0.313 e. The number of terminal acetylenes is 1. The molecule has 0 aromatic carbocycles. The number of rotatable bonds is 1. The van der Waals surface area contributed by atoms with Crippen molar-refractivity contribution in [2.24, 2.45) is 5.73 Å². The first kappa shape index (κ1) is 9.34. The fourth-order valence-electron chi connectivity index (χ4n) is 0.733. The van der Waals surface area contributed by atoms with E-state index in [1.807, 2.05) is 0 Å². The third-order valence-electron chi connectivity index (χ3n) is 1.31. The molecule has 0 aliphatic rings. The molecule has 0 aliphatic carbocycles. The molecule has 0 fully saturated rings. The van der Waals surface area contributed by atoms with Crippen molar-refractivity contribution >= 4 is 23.2 Å². The van der Waals surface area contributed by atoms with Crippen LogP contribution in [-0.4, -0.2) is 4.98 Å². The van der Waals surface area contributed by atoms with E-state index in [0.29, 0.717) is 15.7 Å². The maximum absolute atomic E-state index is 5.78. The van der Waals surface area contributed by atoms with Gasteiger partial charge in [0.1, 0.15) is 6.04 Å². The summed E-state index contributed by atoms with van der Waals surface area (Å²) >= 11 is 11.4. The average Bonchev–Trinajstić information content (AvgIpc) is 2.03. The molecular formula is C8H6Cl2N2. The lowest BCUT2D eigenvalue weighted by Crippen LogP contribution is -2.09. The van der Waals surface area contributed by atoms with Gasteiger partial charge in [-0.25, -0.2) is 0 Å². The number of aromatic nitrogens is 1. The highest BCUT2D eigenvalue weighted by molar-refractivity contribution is 6.34. The molecular weight excluding hydrogens is 195 g/mol. The molecule has 1 atom stereocenters. The summed E-state index contributed by atoms with van der Waals surface area (Å²) in [5.41, 5.74) is 5.99. The van der Waals surface area contributed by atoms with Crippen LogP contribution < -0.4 is 5.73 Å². The molecule has 2 nitrogen and oxygen atoms in total. The fourth-order valence-corrected chi connectivity index (χ4v) is 1.23. The Morgan fingerprint density at radius 2 is 2.25 bits per heavy atom. The highest BCUT2D eigenvalue weighted by Crippen LogP contribution is 2.21. The summed E-state index contributed by atoms with van der Waals surface area (Å²) in [5.74, 6) is 2.33. The highest BCUT2D eigenvalue weighted by Gasteiger charge is 2.08. The van der Waals surface area contributed by atoms with Crippen molar-refractivity contribution < 1.29 is 0 Å². The summed E-state index contributed by atoms with van der Waals surface area (Å²) in [6, 6.07) is 0.984. The number of nitrogens with zero attached hydrogens (tertiary/aromatic N) is 1. The van der Waals surface area contributed by atoms with Crippen molar-refractivity contribution in [3.8, 4) is 12.3 Å². The third kappa shape index (κ3) is 1.89. The van der Waals surface area contributed by atoms with Gasteiger partial charge in [0, 0.05) is 6.20 Å². The van der Waals surface area contributed by atoms with E-state index < -0.39 is 6.04 Å². The van der Waals surface area contributed by atoms with Gasteiger partial charge in [0.05, 0.1) is 15.7 Å². The van der Waals surface area contributed by atoms with E-state index in [1.54, 1.807) is 6.07 Å². The molecule has 12 heavy (non-hydrogen) atoms. The summed E-state index contributed by atoms with van der Waals surface area (Å²) < 4.78 is 0. The van der Waals surface area contributed by atoms with Gasteiger partial charge >= 0.3 is 0 Å². The van der Waals surface area contributed by atoms with Gasteiger partial charge in [-0.2, -0.15) is 0 Å². The van der Waals surface area contributed by atoms with Crippen LogP contribution in [0.5, 0.6) is 0 Å². The zero-order valence-electron chi connectivity index (χ0n) is 6.09. The summed E-state index contributed by atoms with van der Waals surface area (Å²) in [4.78, 5) is 3.92. The lowest BCUT2D eigenvalue weighted by Gasteiger charge is -2.05. The number of hydrogen-bond donors (Lipinski definition) is 1. The average molecular weight is 201 g/mol. The van der Waals surface area contributed by atoms with Crippen LogP contribution in [0.2, 0.25) is 10.0 Å². The number of nitrogens with two attached hydrogens (primary N) is 1. The van der Waals surface area contributed by atoms with Gasteiger partial charge in [-0.3, -0.25) is 4.98 Å². The summed E-state index contributed by atoms with van der Waals surface area (Å²) in [5, 5.41) is 0.862. The molecule has 1 unspecified atom stereocenters. The lowest BCUT2D eigenvalue weighted by molar-refractivity contribution is 0.891. The van der Waals surface area contributed by atoms with Crippen LogP contribution in [0.3, 0.4) is 0 Å². The molecule has 0 bridgehead atoms. The molecule has 0 amide bonds. The number of hydrogen-bond acceptors (Lipinski definition) is 2. The zero-order chi connectivity index (χ0) is 9.14. The van der Waals surface area contributed by atoms with Crippen LogP contribution >= 0.6 is 23.2 Å². The molecule has 2 N–H and O–H groups in total. The molecule has 0 saturated heterocycles. The molecule has 4 heteroatoms. The van der Waals surface area contributed by atoms with Gasteiger partial charge in [-0.1, -0.05) is 29.1 Å². The van der Waals surface area contributed by atoms with Crippen molar-refractivity contribution in [2.75, 3.05) is 0 Å². The van der Waals surface area contributed by atoms with E-state index in [9.17, 15) is 0 Å². The quantitative estimate of drug-likeness (QED) is 0.706. The van der Waals surface area contributed by atoms with Crippen LogP contribution in [-0.2, 0) is 0 Å². The van der Waals surface area contributed by atoms with Crippen LogP contribution in [0, 0.1) is 12.3 Å². The van der Waals surface area contributed by atoms with Crippen LogP contribution in [0.15, 0.2) is 12.3 Å². The molecule has 62 valence electrons. The molecule has 1 heterocycles. The van der Waals surface area contributed by atoms with Crippen molar-refractivity contribution in [1.82, 2.24) is 4.98 Å². The second-order valence-corrected chi connectivity index (χ2v) is 3.01. The van der Waals surface area contributed by atoms with Crippen molar-refractivity contribution in [1.29, 1.82) is 0 Å². The van der Waals surface area contributed by atoms with E-state index in [0.717, 1.165) is 0 Å². The Hall–Kier alpha value is -0.750. The smallest absolute Gasteiger partial charge is 0.111 e. The number of pyridine rings is 1. The van der Waals surface area contributed by atoms with E-state index in [1.165, 1.54) is 6.20 Å². The maximum Gasteiger partial charge on any atom is 0.111 e. The van der Waals surface area contributed by atoms with E-state index in [2.05, 4.69) is 10.9 Å². The Morgan fingerprint density at radius 1 is 1.58 bits per heavy atom. The van der Waals surface area contributed by atoms with Crippen LogP contribution in [0.1, 0.15) is 11.7 Å². The Morgan fingerprint density at radius 3 is 2.75 bits per heavy atom. The van der Waals surface area contributed by atoms with Gasteiger partial charge in [0.2, 0.25) is 0 Å². The van der Waals surface area contributed by atoms with E-state index in [-0.39, 0.29) is 0 Å². The summed E-state index contributed by atoms with van der Waals surface area (Å²) in [6.45, 7) is 0. The van der Waals surface area contributed by atoms with Crippen molar-refractivity contribution in [3.05, 3.63) is 28.0 Å². The molecule has 0 saturated carbocycles. The van der Waals surface area contributed by atoms with Crippen LogP contribution in [0.4, 0.5) is 0 Å². The summed E-state index contributed by atoms with van der Waals surface area (Å²) in [6.07, 6.45) is 6.56. The molecule has 0 aliphatic heterocycles. The minimum atomic E-state index is -0.574. The highest BCUT2D eigenvalue weighted by atomic mass is 35.5.